The van der Waals surface area contributed by atoms with E-state index >= 15 is 0 Å². The van der Waals surface area contributed by atoms with Crippen molar-refractivity contribution in [3.05, 3.63) is 70.7 Å². The Labute approximate surface area is 175 Å². The molecule has 0 fully saturated rings. The van der Waals surface area contributed by atoms with Gasteiger partial charge in [0, 0.05) is 35.2 Å². The molecule has 0 radical (unpaired) electrons. The van der Waals surface area contributed by atoms with Gasteiger partial charge in [0.15, 0.2) is 0 Å². The highest BCUT2D eigenvalue weighted by Crippen LogP contribution is 2.42. The Morgan fingerprint density at radius 1 is 1.27 bits per heavy atom. The lowest BCUT2D eigenvalue weighted by molar-refractivity contribution is -0.123. The maximum Gasteiger partial charge on any atom is 0.254 e. The SMILES string of the molecule is Cc1ccc2c(c1)c1c3n2CCN(CC(=O)N/N=C\c2ccccc2F)[C@H]3CCC1. The van der Waals surface area contributed by atoms with Gasteiger partial charge in [-0.05, 0) is 49.9 Å². The molecule has 2 heterocycles. The molecule has 5 nitrogen and oxygen atoms in total. The number of aryl methyl sites for hydroxylation is 2. The molecular formula is C24H25FN4O. The van der Waals surface area contributed by atoms with Gasteiger partial charge in [0.2, 0.25) is 0 Å². The van der Waals surface area contributed by atoms with Crippen molar-refractivity contribution >= 4 is 23.0 Å². The van der Waals surface area contributed by atoms with Crippen molar-refractivity contribution < 1.29 is 9.18 Å². The summed E-state index contributed by atoms with van der Waals surface area (Å²) in [5.74, 6) is -0.528. The van der Waals surface area contributed by atoms with E-state index in [1.807, 2.05) is 0 Å². The van der Waals surface area contributed by atoms with Crippen LogP contribution < -0.4 is 5.43 Å². The molecule has 1 atom stereocenters. The number of nitrogens with one attached hydrogen (secondary N) is 1. The number of carbonyl (C=O) groups is 1. The second-order valence-corrected chi connectivity index (χ2v) is 8.23. The van der Waals surface area contributed by atoms with E-state index in [1.165, 1.54) is 40.0 Å². The summed E-state index contributed by atoms with van der Waals surface area (Å²) in [6, 6.07) is 13.3. The van der Waals surface area contributed by atoms with Gasteiger partial charge in [-0.25, -0.2) is 9.82 Å². The molecule has 30 heavy (non-hydrogen) atoms. The van der Waals surface area contributed by atoms with Gasteiger partial charge >= 0.3 is 0 Å². The van der Waals surface area contributed by atoms with Crippen LogP contribution in [0.2, 0.25) is 0 Å². The van der Waals surface area contributed by atoms with Crippen LogP contribution in [0.4, 0.5) is 4.39 Å². The van der Waals surface area contributed by atoms with Gasteiger partial charge in [-0.15, -0.1) is 0 Å². The van der Waals surface area contributed by atoms with E-state index in [0.717, 1.165) is 32.4 Å². The molecule has 2 aromatic carbocycles. The first-order valence-corrected chi connectivity index (χ1v) is 10.5. The summed E-state index contributed by atoms with van der Waals surface area (Å²) in [4.78, 5) is 14.8. The lowest BCUT2D eigenvalue weighted by Crippen LogP contribution is -2.44. The topological polar surface area (TPSA) is 49.6 Å². The molecular weight excluding hydrogens is 379 g/mol. The molecule has 0 unspecified atom stereocenters. The molecule has 2 aliphatic rings. The molecule has 1 amide bonds. The molecule has 5 rings (SSSR count). The second-order valence-electron chi connectivity index (χ2n) is 8.23. The van der Waals surface area contributed by atoms with Crippen molar-refractivity contribution in [2.75, 3.05) is 13.1 Å². The van der Waals surface area contributed by atoms with Crippen LogP contribution in [-0.2, 0) is 17.8 Å². The molecule has 0 bridgehead atoms. The van der Waals surface area contributed by atoms with Crippen LogP contribution in [0, 0.1) is 12.7 Å². The van der Waals surface area contributed by atoms with E-state index in [-0.39, 0.29) is 17.8 Å². The number of rotatable bonds is 4. The van der Waals surface area contributed by atoms with E-state index in [9.17, 15) is 9.18 Å². The smallest absolute Gasteiger partial charge is 0.254 e. The van der Waals surface area contributed by atoms with Crippen molar-refractivity contribution in [1.29, 1.82) is 0 Å². The number of nitrogens with zero attached hydrogens (tertiary/aromatic N) is 3. The van der Waals surface area contributed by atoms with Gasteiger partial charge in [0.05, 0.1) is 18.8 Å². The van der Waals surface area contributed by atoms with Gasteiger partial charge in [0.1, 0.15) is 5.82 Å². The van der Waals surface area contributed by atoms with Crippen molar-refractivity contribution in [3.63, 3.8) is 0 Å². The summed E-state index contributed by atoms with van der Waals surface area (Å²) in [7, 11) is 0. The van der Waals surface area contributed by atoms with Gasteiger partial charge in [0.25, 0.3) is 5.91 Å². The number of amides is 1. The lowest BCUT2D eigenvalue weighted by Gasteiger charge is -2.39. The minimum atomic E-state index is -0.357. The number of halogens is 1. The van der Waals surface area contributed by atoms with Crippen LogP contribution in [0.1, 0.15) is 41.3 Å². The normalized spacial score (nSPS) is 18.7. The fourth-order valence-corrected chi connectivity index (χ4v) is 4.95. The van der Waals surface area contributed by atoms with E-state index < -0.39 is 0 Å². The molecule has 6 heteroatoms. The minimum Gasteiger partial charge on any atom is -0.342 e. The number of fused-ring (bicyclic) bond motifs is 3. The van der Waals surface area contributed by atoms with Crippen molar-refractivity contribution in [2.24, 2.45) is 5.10 Å². The Balaban J connectivity index is 1.33. The van der Waals surface area contributed by atoms with Crippen LogP contribution in [0.5, 0.6) is 0 Å². The van der Waals surface area contributed by atoms with E-state index in [1.54, 1.807) is 18.2 Å². The summed E-state index contributed by atoms with van der Waals surface area (Å²) in [6.45, 7) is 4.15. The first kappa shape index (κ1) is 19.0. The molecule has 1 aromatic heterocycles. The number of benzene rings is 2. The summed E-state index contributed by atoms with van der Waals surface area (Å²) in [5.41, 5.74) is 8.35. The summed E-state index contributed by atoms with van der Waals surface area (Å²) < 4.78 is 16.1. The zero-order valence-electron chi connectivity index (χ0n) is 17.1. The highest BCUT2D eigenvalue weighted by atomic mass is 19.1. The number of hydrogen-bond donors (Lipinski definition) is 1. The van der Waals surface area contributed by atoms with E-state index in [4.69, 9.17) is 0 Å². The molecule has 0 spiro atoms. The molecule has 1 aliphatic carbocycles. The second kappa shape index (κ2) is 7.69. The largest absolute Gasteiger partial charge is 0.342 e. The third-order valence-electron chi connectivity index (χ3n) is 6.28. The molecule has 154 valence electrons. The maximum absolute atomic E-state index is 13.7. The first-order chi connectivity index (χ1) is 14.6. The standard InChI is InChI=1S/C24H25FN4O/c1-16-9-10-21-19(13-16)18-6-4-8-22-24(18)29(21)12-11-28(22)15-23(30)27-26-14-17-5-2-3-7-20(17)25/h2-3,5,7,9-10,13-14,22H,4,6,8,11-12,15H2,1H3,(H,27,30)/b26-14-/t22-/m0/s1. The number of hydrazone groups is 1. The van der Waals surface area contributed by atoms with E-state index in [2.05, 4.69) is 45.1 Å². The number of aromatic nitrogens is 1. The predicted molar refractivity (Wildman–Crippen MR) is 116 cm³/mol. The maximum atomic E-state index is 13.7. The fourth-order valence-electron chi connectivity index (χ4n) is 4.95. The van der Waals surface area contributed by atoms with Crippen LogP contribution in [0.3, 0.4) is 0 Å². The van der Waals surface area contributed by atoms with Gasteiger partial charge < -0.3 is 4.57 Å². The summed E-state index contributed by atoms with van der Waals surface area (Å²) in [5, 5.41) is 5.31. The van der Waals surface area contributed by atoms with Gasteiger partial charge in [-0.2, -0.15) is 5.10 Å². The molecule has 1 N–H and O–H groups in total. The van der Waals surface area contributed by atoms with Gasteiger partial charge in [-0.3, -0.25) is 9.69 Å². The van der Waals surface area contributed by atoms with Crippen LogP contribution in [-0.4, -0.2) is 34.7 Å². The van der Waals surface area contributed by atoms with Crippen molar-refractivity contribution in [3.8, 4) is 0 Å². The quantitative estimate of drug-likeness (QED) is 0.529. The van der Waals surface area contributed by atoms with Crippen LogP contribution in [0.25, 0.3) is 10.9 Å². The average molecular weight is 404 g/mol. The number of hydrogen-bond acceptors (Lipinski definition) is 3. The monoisotopic (exact) mass is 404 g/mol. The fraction of sp³-hybridized carbons (Fsp3) is 0.333. The molecule has 1 aliphatic heterocycles. The van der Waals surface area contributed by atoms with Crippen molar-refractivity contribution in [2.45, 2.75) is 38.8 Å². The Kier molecular flexibility index (Phi) is 4.87. The van der Waals surface area contributed by atoms with Crippen LogP contribution in [0.15, 0.2) is 47.6 Å². The van der Waals surface area contributed by atoms with E-state index in [0.29, 0.717) is 12.1 Å². The predicted octanol–water partition coefficient (Wildman–Crippen LogP) is 3.93. The zero-order chi connectivity index (χ0) is 20.7. The highest BCUT2D eigenvalue weighted by Gasteiger charge is 2.35. The molecule has 0 saturated carbocycles. The Bertz CT molecular complexity index is 1150. The van der Waals surface area contributed by atoms with Crippen molar-refractivity contribution in [1.82, 2.24) is 14.9 Å². The first-order valence-electron chi connectivity index (χ1n) is 10.5. The average Bonchev–Trinajstić information content (AvgIpc) is 3.06. The van der Waals surface area contributed by atoms with Crippen LogP contribution >= 0.6 is 0 Å². The summed E-state index contributed by atoms with van der Waals surface area (Å²) in [6.07, 6.45) is 4.65. The Morgan fingerprint density at radius 2 is 2.13 bits per heavy atom. The highest BCUT2D eigenvalue weighted by molar-refractivity contribution is 5.87. The Morgan fingerprint density at radius 3 is 3.00 bits per heavy atom. The lowest BCUT2D eigenvalue weighted by atomic mass is 9.89. The zero-order valence-corrected chi connectivity index (χ0v) is 17.1. The van der Waals surface area contributed by atoms with Gasteiger partial charge in [-0.1, -0.05) is 29.8 Å². The third kappa shape index (κ3) is 3.31. The third-order valence-corrected chi connectivity index (χ3v) is 6.28. The Hall–Kier alpha value is -2.99. The summed E-state index contributed by atoms with van der Waals surface area (Å²) >= 11 is 0. The molecule has 3 aromatic rings. The minimum absolute atomic E-state index is 0.171. The molecule has 0 saturated heterocycles. The number of carbonyl (C=O) groups excluding carboxylic acids is 1.